The van der Waals surface area contributed by atoms with Crippen LogP contribution in [0.25, 0.3) is 0 Å². The van der Waals surface area contributed by atoms with E-state index in [0.717, 1.165) is 25.8 Å². The third-order valence-corrected chi connectivity index (χ3v) is 3.55. The first-order valence-electron chi connectivity index (χ1n) is 6.75. The van der Waals surface area contributed by atoms with Crippen molar-refractivity contribution < 1.29 is 14.7 Å². The molecule has 2 N–H and O–H groups in total. The first-order chi connectivity index (χ1) is 8.58. The van der Waals surface area contributed by atoms with E-state index in [4.69, 9.17) is 5.11 Å². The van der Waals surface area contributed by atoms with Gasteiger partial charge in [-0.2, -0.15) is 0 Å². The summed E-state index contributed by atoms with van der Waals surface area (Å²) in [6.07, 6.45) is 3.13. The van der Waals surface area contributed by atoms with Crippen molar-refractivity contribution in [1.82, 2.24) is 10.2 Å². The predicted molar refractivity (Wildman–Crippen MR) is 68.9 cm³/mol. The number of hydrogen-bond donors (Lipinski definition) is 2. The van der Waals surface area contributed by atoms with E-state index in [9.17, 15) is 9.59 Å². The molecular formula is C13H24N2O3. The fraction of sp³-hybridized carbons (Fsp3) is 0.846. The number of amides is 2. The molecule has 0 aromatic heterocycles. The summed E-state index contributed by atoms with van der Waals surface area (Å²) in [5.74, 6) is -0.0495. The molecule has 2 unspecified atom stereocenters. The summed E-state index contributed by atoms with van der Waals surface area (Å²) in [5.41, 5.74) is 0. The minimum absolute atomic E-state index is 0.0150. The monoisotopic (exact) mass is 256 g/mol. The van der Waals surface area contributed by atoms with Gasteiger partial charge in [-0.3, -0.25) is 9.59 Å². The number of nitrogens with one attached hydrogen (secondary N) is 1. The van der Waals surface area contributed by atoms with Crippen molar-refractivity contribution >= 4 is 11.8 Å². The maximum absolute atomic E-state index is 12.1. The number of rotatable bonds is 5. The zero-order valence-electron chi connectivity index (χ0n) is 11.3. The van der Waals surface area contributed by atoms with Gasteiger partial charge in [-0.25, -0.2) is 0 Å². The second-order valence-corrected chi connectivity index (χ2v) is 4.93. The average molecular weight is 256 g/mol. The van der Waals surface area contributed by atoms with Gasteiger partial charge in [0.25, 0.3) is 0 Å². The zero-order valence-corrected chi connectivity index (χ0v) is 11.3. The van der Waals surface area contributed by atoms with E-state index in [1.54, 1.807) is 11.8 Å². The van der Waals surface area contributed by atoms with Crippen LogP contribution in [-0.4, -0.2) is 47.6 Å². The van der Waals surface area contributed by atoms with E-state index in [1.807, 2.05) is 6.92 Å². The summed E-state index contributed by atoms with van der Waals surface area (Å²) in [7, 11) is 0. The van der Waals surface area contributed by atoms with Crippen molar-refractivity contribution in [3.8, 4) is 0 Å². The highest BCUT2D eigenvalue weighted by atomic mass is 16.3. The summed E-state index contributed by atoms with van der Waals surface area (Å²) in [6, 6.07) is 0.0372. The molecule has 1 heterocycles. The van der Waals surface area contributed by atoms with Gasteiger partial charge < -0.3 is 15.3 Å². The van der Waals surface area contributed by atoms with Gasteiger partial charge >= 0.3 is 0 Å². The molecule has 1 saturated heterocycles. The summed E-state index contributed by atoms with van der Waals surface area (Å²) < 4.78 is 0. The molecule has 0 saturated carbocycles. The van der Waals surface area contributed by atoms with Crippen molar-refractivity contribution in [2.45, 2.75) is 45.6 Å². The van der Waals surface area contributed by atoms with Gasteiger partial charge in [-0.15, -0.1) is 0 Å². The summed E-state index contributed by atoms with van der Waals surface area (Å²) in [6.45, 7) is 4.90. The third-order valence-electron chi connectivity index (χ3n) is 3.55. The Labute approximate surface area is 109 Å². The molecule has 104 valence electrons. The second-order valence-electron chi connectivity index (χ2n) is 4.93. The van der Waals surface area contributed by atoms with Crippen molar-refractivity contribution in [1.29, 1.82) is 0 Å². The van der Waals surface area contributed by atoms with Gasteiger partial charge in [0, 0.05) is 32.7 Å². The van der Waals surface area contributed by atoms with Crippen LogP contribution in [0.1, 0.15) is 39.5 Å². The van der Waals surface area contributed by atoms with Crippen LogP contribution in [0.3, 0.4) is 0 Å². The van der Waals surface area contributed by atoms with Crippen molar-refractivity contribution in [3.63, 3.8) is 0 Å². The van der Waals surface area contributed by atoms with Crippen LogP contribution in [0, 0.1) is 5.92 Å². The minimum Gasteiger partial charge on any atom is -0.396 e. The standard InChI is InChI=1S/C13H24N2O3/c1-3-12(6-8-16)14-13(18)11-5-4-7-15(9-11)10(2)17/h11-12,16H,3-9H2,1-2H3,(H,14,18). The van der Waals surface area contributed by atoms with Crippen molar-refractivity contribution in [2.75, 3.05) is 19.7 Å². The quantitative estimate of drug-likeness (QED) is 0.753. The maximum Gasteiger partial charge on any atom is 0.225 e. The molecule has 0 radical (unpaired) electrons. The molecule has 1 aliphatic rings. The Morgan fingerprint density at radius 2 is 2.22 bits per heavy atom. The molecular weight excluding hydrogens is 232 g/mol. The molecule has 1 rings (SSSR count). The highest BCUT2D eigenvalue weighted by Crippen LogP contribution is 2.17. The van der Waals surface area contributed by atoms with Crippen LogP contribution < -0.4 is 5.32 Å². The number of piperidine rings is 1. The molecule has 0 spiro atoms. The van der Waals surface area contributed by atoms with Crippen LogP contribution in [0.4, 0.5) is 0 Å². The number of aliphatic hydroxyl groups excluding tert-OH is 1. The van der Waals surface area contributed by atoms with E-state index < -0.39 is 0 Å². The molecule has 2 amide bonds. The second kappa shape index (κ2) is 7.36. The van der Waals surface area contributed by atoms with Crippen molar-refractivity contribution in [3.05, 3.63) is 0 Å². The van der Waals surface area contributed by atoms with Gasteiger partial charge in [0.1, 0.15) is 0 Å². The fourth-order valence-corrected chi connectivity index (χ4v) is 2.33. The summed E-state index contributed by atoms with van der Waals surface area (Å²) in [5, 5.41) is 11.9. The van der Waals surface area contributed by atoms with Gasteiger partial charge in [0.05, 0.1) is 5.92 Å². The van der Waals surface area contributed by atoms with Crippen LogP contribution >= 0.6 is 0 Å². The molecule has 0 aliphatic carbocycles. The van der Waals surface area contributed by atoms with Gasteiger partial charge in [-0.05, 0) is 25.7 Å². The Balaban J connectivity index is 2.47. The lowest BCUT2D eigenvalue weighted by Crippen LogP contribution is -2.47. The number of carbonyl (C=O) groups is 2. The first kappa shape index (κ1) is 15.0. The Morgan fingerprint density at radius 1 is 1.50 bits per heavy atom. The lowest BCUT2D eigenvalue weighted by Gasteiger charge is -2.32. The predicted octanol–water partition coefficient (Wildman–Crippen LogP) is 0.522. The third kappa shape index (κ3) is 4.29. The molecule has 2 atom stereocenters. The fourth-order valence-electron chi connectivity index (χ4n) is 2.33. The van der Waals surface area contributed by atoms with Crippen LogP contribution in [-0.2, 0) is 9.59 Å². The molecule has 0 aromatic carbocycles. The molecule has 5 heteroatoms. The largest absolute Gasteiger partial charge is 0.396 e. The number of nitrogens with zero attached hydrogens (tertiary/aromatic N) is 1. The van der Waals surface area contributed by atoms with E-state index in [2.05, 4.69) is 5.32 Å². The Hall–Kier alpha value is -1.10. The molecule has 0 bridgehead atoms. The number of hydrogen-bond acceptors (Lipinski definition) is 3. The lowest BCUT2D eigenvalue weighted by molar-refractivity contribution is -0.134. The molecule has 0 aromatic rings. The van der Waals surface area contributed by atoms with Crippen molar-refractivity contribution in [2.24, 2.45) is 5.92 Å². The van der Waals surface area contributed by atoms with Gasteiger partial charge in [0.2, 0.25) is 11.8 Å². The smallest absolute Gasteiger partial charge is 0.225 e. The van der Waals surface area contributed by atoms with E-state index >= 15 is 0 Å². The molecule has 1 aliphatic heterocycles. The summed E-state index contributed by atoms with van der Waals surface area (Å²) >= 11 is 0. The van der Waals surface area contributed by atoms with E-state index in [1.165, 1.54) is 0 Å². The topological polar surface area (TPSA) is 69.6 Å². The normalized spacial score (nSPS) is 21.5. The molecule has 1 fully saturated rings. The van der Waals surface area contributed by atoms with E-state index in [0.29, 0.717) is 13.0 Å². The Bertz CT molecular complexity index is 294. The Kier molecular flexibility index (Phi) is 6.12. The van der Waals surface area contributed by atoms with Crippen LogP contribution in [0.5, 0.6) is 0 Å². The van der Waals surface area contributed by atoms with Crippen LogP contribution in [0.15, 0.2) is 0 Å². The number of aliphatic hydroxyl groups is 1. The lowest BCUT2D eigenvalue weighted by atomic mass is 9.96. The summed E-state index contributed by atoms with van der Waals surface area (Å²) in [4.78, 5) is 25.1. The maximum atomic E-state index is 12.1. The average Bonchev–Trinajstić information content (AvgIpc) is 2.38. The highest BCUT2D eigenvalue weighted by molar-refractivity contribution is 5.80. The number of carbonyl (C=O) groups excluding carboxylic acids is 2. The number of likely N-dealkylation sites (tertiary alicyclic amines) is 1. The Morgan fingerprint density at radius 3 is 2.78 bits per heavy atom. The minimum atomic E-state index is -0.101. The highest BCUT2D eigenvalue weighted by Gasteiger charge is 2.27. The van der Waals surface area contributed by atoms with Crippen LogP contribution in [0.2, 0.25) is 0 Å². The van der Waals surface area contributed by atoms with Gasteiger partial charge in [0.15, 0.2) is 0 Å². The first-order valence-corrected chi connectivity index (χ1v) is 6.75. The van der Waals surface area contributed by atoms with E-state index in [-0.39, 0.29) is 30.4 Å². The zero-order chi connectivity index (χ0) is 13.5. The molecule has 18 heavy (non-hydrogen) atoms. The SMILES string of the molecule is CCC(CCO)NC(=O)C1CCCN(C(C)=O)C1. The van der Waals surface area contributed by atoms with Gasteiger partial charge in [-0.1, -0.05) is 6.92 Å². The molecule has 5 nitrogen and oxygen atoms in total.